The molecule has 2 atom stereocenters. The Kier molecular flexibility index (Phi) is 8.05. The number of hydrogen-bond donors (Lipinski definition) is 1. The zero-order chi connectivity index (χ0) is 24.8. The Labute approximate surface area is 209 Å². The third kappa shape index (κ3) is 5.18. The van der Waals surface area contributed by atoms with Gasteiger partial charge in [0.1, 0.15) is 11.5 Å². The predicted octanol–water partition coefficient (Wildman–Crippen LogP) is 4.05. The van der Waals surface area contributed by atoms with Gasteiger partial charge in [0, 0.05) is 30.6 Å². The molecule has 0 aliphatic carbocycles. The van der Waals surface area contributed by atoms with Gasteiger partial charge in [0.2, 0.25) is 5.91 Å². The average Bonchev–Trinajstić information content (AvgIpc) is 3.42. The van der Waals surface area contributed by atoms with E-state index in [1.165, 1.54) is 0 Å². The van der Waals surface area contributed by atoms with Crippen LogP contribution in [0, 0.1) is 0 Å². The lowest BCUT2D eigenvalue weighted by Crippen LogP contribution is -2.48. The summed E-state index contributed by atoms with van der Waals surface area (Å²) in [6.07, 6.45) is 0.580. The van der Waals surface area contributed by atoms with E-state index in [4.69, 9.17) is 14.2 Å². The summed E-state index contributed by atoms with van der Waals surface area (Å²) in [5.74, 6) is 0.745. The fourth-order valence-corrected chi connectivity index (χ4v) is 5.47. The maximum absolute atomic E-state index is 13.7. The van der Waals surface area contributed by atoms with Crippen LogP contribution in [-0.2, 0) is 16.0 Å². The van der Waals surface area contributed by atoms with Crippen molar-refractivity contribution in [1.29, 1.82) is 0 Å². The molecule has 35 heavy (non-hydrogen) atoms. The van der Waals surface area contributed by atoms with E-state index < -0.39 is 12.0 Å². The average molecular weight is 495 g/mol. The minimum absolute atomic E-state index is 0.0822. The number of ether oxygens (including phenoxy) is 3. The van der Waals surface area contributed by atoms with Gasteiger partial charge in [0.15, 0.2) is 0 Å². The fraction of sp³-hybridized carbons (Fsp3) is 0.333. The first-order chi connectivity index (χ1) is 17.1. The Morgan fingerprint density at radius 3 is 2.60 bits per heavy atom. The van der Waals surface area contributed by atoms with E-state index in [2.05, 4.69) is 5.32 Å². The van der Waals surface area contributed by atoms with Crippen LogP contribution in [0.15, 0.2) is 60.0 Å². The Balaban J connectivity index is 1.62. The molecule has 2 unspecified atom stereocenters. The molecule has 1 aromatic heterocycles. The molecule has 0 spiro atoms. The molecule has 1 aliphatic heterocycles. The van der Waals surface area contributed by atoms with Gasteiger partial charge < -0.3 is 24.4 Å². The number of thiophene rings is 1. The Bertz CT molecular complexity index is 1160. The van der Waals surface area contributed by atoms with Gasteiger partial charge in [-0.05, 0) is 53.3 Å². The Morgan fingerprint density at radius 1 is 1.06 bits per heavy atom. The van der Waals surface area contributed by atoms with E-state index in [0.717, 1.165) is 27.5 Å². The number of nitrogens with one attached hydrogen (secondary N) is 1. The van der Waals surface area contributed by atoms with Crippen LogP contribution in [0.4, 0.5) is 0 Å². The van der Waals surface area contributed by atoms with Crippen LogP contribution in [0.5, 0.6) is 11.5 Å². The van der Waals surface area contributed by atoms with Crippen molar-refractivity contribution in [2.45, 2.75) is 18.4 Å². The first-order valence-electron chi connectivity index (χ1n) is 11.5. The molecule has 7 nitrogen and oxygen atoms in total. The second-order valence-electron chi connectivity index (χ2n) is 8.24. The summed E-state index contributed by atoms with van der Waals surface area (Å²) in [7, 11) is 4.86. The number of carbonyl (C=O) groups is 2. The van der Waals surface area contributed by atoms with Gasteiger partial charge in [0.05, 0.1) is 32.8 Å². The number of nitrogens with zero attached hydrogens (tertiary/aromatic N) is 1. The number of hydrogen-bond acceptors (Lipinski definition) is 6. The zero-order valence-corrected chi connectivity index (χ0v) is 21.0. The highest BCUT2D eigenvalue weighted by molar-refractivity contribution is 7.10. The first kappa shape index (κ1) is 24.8. The smallest absolute Gasteiger partial charge is 0.254 e. The molecule has 0 saturated carbocycles. The van der Waals surface area contributed by atoms with E-state index >= 15 is 0 Å². The number of fused-ring (bicyclic) bond motifs is 1. The van der Waals surface area contributed by atoms with Crippen molar-refractivity contribution in [3.63, 3.8) is 0 Å². The van der Waals surface area contributed by atoms with Crippen LogP contribution in [0.1, 0.15) is 38.3 Å². The maximum Gasteiger partial charge on any atom is 0.254 e. The molecule has 3 aromatic rings. The molecule has 8 heteroatoms. The van der Waals surface area contributed by atoms with E-state index in [1.54, 1.807) is 43.6 Å². The van der Waals surface area contributed by atoms with Crippen LogP contribution >= 0.6 is 11.3 Å². The van der Waals surface area contributed by atoms with Crippen LogP contribution in [0.3, 0.4) is 0 Å². The van der Waals surface area contributed by atoms with Crippen molar-refractivity contribution in [2.24, 2.45) is 0 Å². The molecule has 2 heterocycles. The zero-order valence-electron chi connectivity index (χ0n) is 20.2. The fourth-order valence-electron chi connectivity index (χ4n) is 4.59. The Morgan fingerprint density at radius 2 is 1.89 bits per heavy atom. The lowest BCUT2D eigenvalue weighted by atomic mass is 9.81. The molecular weight excluding hydrogens is 464 g/mol. The first-order valence-corrected chi connectivity index (χ1v) is 12.4. The molecule has 1 N–H and O–H groups in total. The molecule has 0 bridgehead atoms. The SMILES string of the molecule is COCCN1C(=O)c2ccccc2C(C(=O)NCCc2cc(OC)ccc2OC)C1c1cccs1. The van der Waals surface area contributed by atoms with Crippen molar-refractivity contribution in [1.82, 2.24) is 10.2 Å². The highest BCUT2D eigenvalue weighted by Crippen LogP contribution is 2.44. The van der Waals surface area contributed by atoms with Gasteiger partial charge in [-0.25, -0.2) is 0 Å². The van der Waals surface area contributed by atoms with Gasteiger partial charge in [0.25, 0.3) is 5.91 Å². The van der Waals surface area contributed by atoms with E-state index in [0.29, 0.717) is 31.7 Å². The number of amides is 2. The molecule has 2 amide bonds. The van der Waals surface area contributed by atoms with Gasteiger partial charge in [-0.1, -0.05) is 24.3 Å². The van der Waals surface area contributed by atoms with E-state index in [-0.39, 0.29) is 11.8 Å². The molecule has 184 valence electrons. The van der Waals surface area contributed by atoms with E-state index in [1.807, 2.05) is 53.9 Å². The molecule has 2 aromatic carbocycles. The maximum atomic E-state index is 13.7. The van der Waals surface area contributed by atoms with E-state index in [9.17, 15) is 9.59 Å². The van der Waals surface area contributed by atoms with Gasteiger partial charge >= 0.3 is 0 Å². The highest BCUT2D eigenvalue weighted by Gasteiger charge is 2.44. The standard InChI is InChI=1S/C27H30N2O5S/c1-32-15-14-29-25(23-9-6-16-35-23)24(20-7-4-5-8-21(20)27(29)31)26(30)28-13-12-18-17-19(33-2)10-11-22(18)34-3/h4-11,16-17,24-25H,12-15H2,1-3H3,(H,28,30). The summed E-state index contributed by atoms with van der Waals surface area (Å²) in [5, 5.41) is 5.09. The van der Waals surface area contributed by atoms with Crippen molar-refractivity contribution in [3.8, 4) is 11.5 Å². The quantitative estimate of drug-likeness (QED) is 0.460. The molecule has 4 rings (SSSR count). The summed E-state index contributed by atoms with van der Waals surface area (Å²) in [6, 6.07) is 16.5. The molecule has 0 saturated heterocycles. The Hall–Kier alpha value is -3.36. The summed E-state index contributed by atoms with van der Waals surface area (Å²) in [4.78, 5) is 29.9. The molecular formula is C27H30N2O5S. The monoisotopic (exact) mass is 494 g/mol. The number of rotatable bonds is 10. The minimum atomic E-state index is -0.536. The number of carbonyl (C=O) groups excluding carboxylic acids is 2. The van der Waals surface area contributed by atoms with Crippen LogP contribution in [-0.4, -0.2) is 57.7 Å². The largest absolute Gasteiger partial charge is 0.497 e. The normalized spacial score (nSPS) is 17.1. The third-order valence-electron chi connectivity index (χ3n) is 6.27. The number of benzene rings is 2. The minimum Gasteiger partial charge on any atom is -0.497 e. The highest BCUT2D eigenvalue weighted by atomic mass is 32.1. The summed E-state index contributed by atoms with van der Waals surface area (Å²) < 4.78 is 16.1. The second-order valence-corrected chi connectivity index (χ2v) is 9.21. The van der Waals surface area contributed by atoms with Crippen molar-refractivity contribution >= 4 is 23.2 Å². The topological polar surface area (TPSA) is 77.1 Å². The van der Waals surface area contributed by atoms with Gasteiger partial charge in [-0.15, -0.1) is 11.3 Å². The van der Waals surface area contributed by atoms with Crippen LogP contribution < -0.4 is 14.8 Å². The second kappa shape index (κ2) is 11.4. The van der Waals surface area contributed by atoms with Crippen molar-refractivity contribution < 1.29 is 23.8 Å². The van der Waals surface area contributed by atoms with Crippen molar-refractivity contribution in [2.75, 3.05) is 41.0 Å². The lowest BCUT2D eigenvalue weighted by molar-refractivity contribution is -0.124. The summed E-state index contributed by atoms with van der Waals surface area (Å²) in [5.41, 5.74) is 2.26. The van der Waals surface area contributed by atoms with Crippen LogP contribution in [0.25, 0.3) is 0 Å². The molecule has 0 fully saturated rings. The lowest BCUT2D eigenvalue weighted by Gasteiger charge is -2.41. The van der Waals surface area contributed by atoms with Gasteiger partial charge in [-0.2, -0.15) is 0 Å². The molecule has 1 aliphatic rings. The van der Waals surface area contributed by atoms with Crippen LogP contribution in [0.2, 0.25) is 0 Å². The molecule has 0 radical (unpaired) electrons. The third-order valence-corrected chi connectivity index (χ3v) is 7.22. The van der Waals surface area contributed by atoms with Gasteiger partial charge in [-0.3, -0.25) is 9.59 Å². The van der Waals surface area contributed by atoms with Crippen molar-refractivity contribution in [3.05, 3.63) is 81.5 Å². The number of methoxy groups -OCH3 is 3. The predicted molar refractivity (Wildman–Crippen MR) is 135 cm³/mol. The summed E-state index contributed by atoms with van der Waals surface area (Å²) >= 11 is 1.55. The summed E-state index contributed by atoms with van der Waals surface area (Å²) in [6.45, 7) is 1.21.